The SMILES string of the molecule is C[C@@H]1CCc2c(sc(NC(=O)CCc3nc(CSc4nc5ccccc5s4)no3)c2C#N)C1. The largest absolute Gasteiger partial charge is 0.339 e. The Balaban J connectivity index is 1.15. The summed E-state index contributed by atoms with van der Waals surface area (Å²) >= 11 is 4.75. The fraction of sp³-hybridized carbons (Fsp3) is 0.348. The number of amides is 1. The third-order valence-electron chi connectivity index (χ3n) is 5.55. The predicted octanol–water partition coefficient (Wildman–Crippen LogP) is 5.60. The van der Waals surface area contributed by atoms with Crippen molar-refractivity contribution in [3.63, 3.8) is 0 Å². The summed E-state index contributed by atoms with van der Waals surface area (Å²) < 4.78 is 7.43. The molecule has 4 aromatic rings. The number of hydrogen-bond donors (Lipinski definition) is 1. The molecule has 1 atom stereocenters. The van der Waals surface area contributed by atoms with Gasteiger partial charge in [-0.25, -0.2) is 4.98 Å². The second-order valence-corrected chi connectivity index (χ2v) is 11.4. The van der Waals surface area contributed by atoms with E-state index < -0.39 is 0 Å². The lowest BCUT2D eigenvalue weighted by Gasteiger charge is -2.17. The van der Waals surface area contributed by atoms with Gasteiger partial charge in [-0.15, -0.1) is 22.7 Å². The van der Waals surface area contributed by atoms with Gasteiger partial charge in [0.05, 0.1) is 21.5 Å². The van der Waals surface area contributed by atoms with Crippen molar-refractivity contribution in [2.45, 2.75) is 49.1 Å². The number of thiophene rings is 1. The summed E-state index contributed by atoms with van der Waals surface area (Å²) in [4.78, 5) is 22.7. The molecule has 0 unspecified atom stereocenters. The van der Waals surface area contributed by atoms with Gasteiger partial charge in [0.15, 0.2) is 10.2 Å². The predicted molar refractivity (Wildman–Crippen MR) is 131 cm³/mol. The number of rotatable bonds is 7. The molecule has 3 heterocycles. The maximum absolute atomic E-state index is 12.5. The van der Waals surface area contributed by atoms with Gasteiger partial charge < -0.3 is 9.84 Å². The van der Waals surface area contributed by atoms with E-state index in [0.29, 0.717) is 40.4 Å². The molecule has 10 heteroatoms. The highest BCUT2D eigenvalue weighted by molar-refractivity contribution is 8.00. The minimum Gasteiger partial charge on any atom is -0.339 e. The first-order chi connectivity index (χ1) is 16.1. The lowest BCUT2D eigenvalue weighted by atomic mass is 9.88. The van der Waals surface area contributed by atoms with Gasteiger partial charge in [0.1, 0.15) is 11.1 Å². The molecule has 1 aliphatic carbocycles. The van der Waals surface area contributed by atoms with Gasteiger partial charge in [-0.05, 0) is 42.9 Å². The summed E-state index contributed by atoms with van der Waals surface area (Å²) in [5, 5.41) is 17.2. The van der Waals surface area contributed by atoms with Gasteiger partial charge >= 0.3 is 0 Å². The summed E-state index contributed by atoms with van der Waals surface area (Å²) in [6, 6.07) is 10.3. The van der Waals surface area contributed by atoms with Gasteiger partial charge in [-0.3, -0.25) is 4.79 Å². The number of nitrogens with one attached hydrogen (secondary N) is 1. The summed E-state index contributed by atoms with van der Waals surface area (Å²) in [6.07, 6.45) is 3.55. The van der Waals surface area contributed by atoms with E-state index in [1.54, 1.807) is 23.1 Å². The summed E-state index contributed by atoms with van der Waals surface area (Å²) in [6.45, 7) is 2.23. The Morgan fingerprint density at radius 3 is 3.06 bits per heavy atom. The van der Waals surface area contributed by atoms with Crippen molar-refractivity contribution < 1.29 is 9.32 Å². The molecule has 1 N–H and O–H groups in total. The van der Waals surface area contributed by atoms with Crippen LogP contribution >= 0.6 is 34.4 Å². The van der Waals surface area contributed by atoms with E-state index in [1.807, 2.05) is 18.2 Å². The Kier molecular flexibility index (Phi) is 6.44. The number of hydrogen-bond acceptors (Lipinski definition) is 9. The third kappa shape index (κ3) is 4.95. The van der Waals surface area contributed by atoms with Crippen LogP contribution in [0, 0.1) is 17.2 Å². The van der Waals surface area contributed by atoms with E-state index in [2.05, 4.69) is 39.5 Å². The van der Waals surface area contributed by atoms with Crippen LogP contribution in [0.2, 0.25) is 0 Å². The number of nitrogens with zero attached hydrogens (tertiary/aromatic N) is 4. The van der Waals surface area contributed by atoms with Gasteiger partial charge in [0.25, 0.3) is 0 Å². The fourth-order valence-corrected chi connectivity index (χ4v) is 7.15. The average molecular weight is 496 g/mol. The number of thiazole rings is 1. The first-order valence-corrected chi connectivity index (χ1v) is 13.3. The number of carbonyl (C=O) groups excluding carboxylic acids is 1. The van der Waals surface area contributed by atoms with Crippen molar-refractivity contribution in [3.05, 3.63) is 52.0 Å². The van der Waals surface area contributed by atoms with Crippen LogP contribution in [0.3, 0.4) is 0 Å². The van der Waals surface area contributed by atoms with Crippen LogP contribution in [0.25, 0.3) is 10.2 Å². The highest BCUT2D eigenvalue weighted by Crippen LogP contribution is 2.39. The smallest absolute Gasteiger partial charge is 0.227 e. The Bertz CT molecular complexity index is 1320. The topological polar surface area (TPSA) is 105 Å². The van der Waals surface area contributed by atoms with E-state index >= 15 is 0 Å². The number of para-hydroxylation sites is 1. The molecule has 33 heavy (non-hydrogen) atoms. The Morgan fingerprint density at radius 1 is 1.33 bits per heavy atom. The van der Waals surface area contributed by atoms with Crippen molar-refractivity contribution in [2.75, 3.05) is 5.32 Å². The molecular weight excluding hydrogens is 474 g/mol. The van der Waals surface area contributed by atoms with E-state index in [1.165, 1.54) is 16.2 Å². The molecule has 5 rings (SSSR count). The molecule has 3 aromatic heterocycles. The van der Waals surface area contributed by atoms with Crippen LogP contribution in [0.1, 0.15) is 47.5 Å². The number of nitriles is 1. The first kappa shape index (κ1) is 22.1. The van der Waals surface area contributed by atoms with Crippen LogP contribution in [-0.2, 0) is 29.8 Å². The Hall–Kier alpha value is -2.74. The molecule has 0 fully saturated rings. The number of carbonyl (C=O) groups is 1. The maximum Gasteiger partial charge on any atom is 0.227 e. The van der Waals surface area contributed by atoms with Crippen LogP contribution in [0.15, 0.2) is 33.1 Å². The monoisotopic (exact) mass is 495 g/mol. The zero-order valence-electron chi connectivity index (χ0n) is 18.0. The molecule has 1 aromatic carbocycles. The normalized spacial score (nSPS) is 15.3. The molecule has 1 amide bonds. The molecule has 0 radical (unpaired) electrons. The van der Waals surface area contributed by atoms with Gasteiger partial charge in [0, 0.05) is 17.7 Å². The number of aryl methyl sites for hydroxylation is 1. The van der Waals surface area contributed by atoms with Crippen molar-refractivity contribution in [1.82, 2.24) is 15.1 Å². The molecule has 168 valence electrons. The van der Waals surface area contributed by atoms with E-state index in [4.69, 9.17) is 4.52 Å². The summed E-state index contributed by atoms with van der Waals surface area (Å²) in [5.41, 5.74) is 2.73. The van der Waals surface area contributed by atoms with Crippen molar-refractivity contribution in [1.29, 1.82) is 5.26 Å². The molecule has 7 nitrogen and oxygen atoms in total. The fourth-order valence-electron chi connectivity index (χ4n) is 3.86. The van der Waals surface area contributed by atoms with E-state index in [0.717, 1.165) is 39.4 Å². The van der Waals surface area contributed by atoms with Crippen LogP contribution in [0.5, 0.6) is 0 Å². The standard InChI is InChI=1S/C23H21N5O2S3/c1-13-6-7-14-15(11-24)22(32-18(14)10-13)27-20(29)8-9-21-26-19(28-30-21)12-31-23-25-16-4-2-3-5-17(16)33-23/h2-5,13H,6-10,12H2,1H3,(H,27,29)/t13-/m1/s1. The van der Waals surface area contributed by atoms with Crippen LogP contribution in [-0.4, -0.2) is 21.0 Å². The molecule has 0 bridgehead atoms. The van der Waals surface area contributed by atoms with Gasteiger partial charge in [-0.2, -0.15) is 10.2 Å². The van der Waals surface area contributed by atoms with Crippen LogP contribution in [0.4, 0.5) is 5.00 Å². The van der Waals surface area contributed by atoms with Gasteiger partial charge in [0.2, 0.25) is 11.8 Å². The van der Waals surface area contributed by atoms with E-state index in [-0.39, 0.29) is 12.3 Å². The molecule has 0 saturated carbocycles. The average Bonchev–Trinajstić information content (AvgIpc) is 3.52. The zero-order valence-corrected chi connectivity index (χ0v) is 20.4. The highest BCUT2D eigenvalue weighted by Gasteiger charge is 2.24. The van der Waals surface area contributed by atoms with Crippen molar-refractivity contribution in [2.24, 2.45) is 5.92 Å². The lowest BCUT2D eigenvalue weighted by Crippen LogP contribution is -2.12. The number of benzene rings is 1. The maximum atomic E-state index is 12.5. The Morgan fingerprint density at radius 2 is 2.21 bits per heavy atom. The van der Waals surface area contributed by atoms with E-state index in [9.17, 15) is 10.1 Å². The number of anilines is 1. The molecule has 0 aliphatic heterocycles. The lowest BCUT2D eigenvalue weighted by molar-refractivity contribution is -0.116. The second kappa shape index (κ2) is 9.63. The van der Waals surface area contributed by atoms with Crippen molar-refractivity contribution >= 4 is 55.6 Å². The third-order valence-corrected chi connectivity index (χ3v) is 8.90. The Labute approximate surface area is 203 Å². The van der Waals surface area contributed by atoms with Gasteiger partial charge in [-0.1, -0.05) is 36.0 Å². The first-order valence-electron chi connectivity index (χ1n) is 10.7. The minimum absolute atomic E-state index is 0.151. The molecular formula is C23H21N5O2S3. The quantitative estimate of drug-likeness (QED) is 0.333. The highest BCUT2D eigenvalue weighted by atomic mass is 32.2. The van der Waals surface area contributed by atoms with Crippen LogP contribution < -0.4 is 5.32 Å². The summed E-state index contributed by atoms with van der Waals surface area (Å²) in [7, 11) is 0. The molecule has 0 spiro atoms. The molecule has 1 aliphatic rings. The number of thioether (sulfide) groups is 1. The summed E-state index contributed by atoms with van der Waals surface area (Å²) in [5.74, 6) is 2.04. The molecule has 0 saturated heterocycles. The minimum atomic E-state index is -0.151. The van der Waals surface area contributed by atoms with Crippen molar-refractivity contribution in [3.8, 4) is 6.07 Å². The zero-order chi connectivity index (χ0) is 22.8. The number of aromatic nitrogens is 3. The second-order valence-electron chi connectivity index (χ2n) is 8.06. The number of fused-ring (bicyclic) bond motifs is 2.